The van der Waals surface area contributed by atoms with Crippen LogP contribution in [0.2, 0.25) is 5.02 Å². The molecule has 1 heterocycles. The summed E-state index contributed by atoms with van der Waals surface area (Å²) in [5.74, 6) is 0. The zero-order chi connectivity index (χ0) is 13.8. The van der Waals surface area contributed by atoms with Crippen LogP contribution in [0.25, 0.3) is 11.3 Å². The van der Waals surface area contributed by atoms with E-state index >= 15 is 0 Å². The van der Waals surface area contributed by atoms with Crippen LogP contribution in [0.5, 0.6) is 0 Å². The Morgan fingerprint density at radius 2 is 2.11 bits per heavy atom. The average molecular weight is 277 g/mol. The van der Waals surface area contributed by atoms with Crippen molar-refractivity contribution in [2.45, 2.75) is 32.7 Å². The predicted octanol–water partition coefficient (Wildman–Crippen LogP) is 4.38. The fourth-order valence-electron chi connectivity index (χ4n) is 2.20. The molecule has 2 aromatic rings. The summed E-state index contributed by atoms with van der Waals surface area (Å²) in [6.45, 7) is 4.24. The third-order valence-electron chi connectivity index (χ3n) is 3.30. The molecule has 19 heavy (non-hydrogen) atoms. The van der Waals surface area contributed by atoms with Crippen molar-refractivity contribution in [3.63, 3.8) is 0 Å². The van der Waals surface area contributed by atoms with Crippen molar-refractivity contribution in [2.75, 3.05) is 0 Å². The molecule has 100 valence electrons. The lowest BCUT2D eigenvalue weighted by Gasteiger charge is -2.12. The van der Waals surface area contributed by atoms with E-state index in [1.165, 1.54) is 0 Å². The van der Waals surface area contributed by atoms with Crippen LogP contribution in [0.15, 0.2) is 30.5 Å². The maximum atomic E-state index is 11.2. The maximum Gasteiger partial charge on any atom is 0.153 e. The lowest BCUT2D eigenvalue weighted by atomic mass is 10.1. The number of benzene rings is 1. The largest absolute Gasteiger partial charge is 0.298 e. The van der Waals surface area contributed by atoms with Gasteiger partial charge in [0.2, 0.25) is 0 Å². The summed E-state index contributed by atoms with van der Waals surface area (Å²) in [5.41, 5.74) is 2.18. The van der Waals surface area contributed by atoms with E-state index in [0.717, 1.165) is 24.7 Å². The number of nitrogens with zero attached hydrogens (tertiary/aromatic N) is 2. The maximum absolute atomic E-state index is 11.2. The smallest absolute Gasteiger partial charge is 0.153 e. The van der Waals surface area contributed by atoms with Crippen LogP contribution in [0.1, 0.15) is 43.1 Å². The first kappa shape index (κ1) is 13.8. The highest BCUT2D eigenvalue weighted by atomic mass is 35.5. The van der Waals surface area contributed by atoms with Crippen molar-refractivity contribution in [1.82, 2.24) is 9.78 Å². The molecule has 0 aliphatic rings. The molecule has 0 saturated carbocycles. The van der Waals surface area contributed by atoms with Crippen molar-refractivity contribution in [3.8, 4) is 11.3 Å². The second-order valence-electron chi connectivity index (χ2n) is 4.51. The minimum absolute atomic E-state index is 0.326. The fraction of sp³-hybridized carbons (Fsp3) is 0.333. The third-order valence-corrected chi connectivity index (χ3v) is 3.54. The van der Waals surface area contributed by atoms with Crippen LogP contribution in [-0.2, 0) is 0 Å². The van der Waals surface area contributed by atoms with Gasteiger partial charge >= 0.3 is 0 Å². The molecule has 0 amide bonds. The van der Waals surface area contributed by atoms with Gasteiger partial charge in [0.1, 0.15) is 5.69 Å². The van der Waals surface area contributed by atoms with Gasteiger partial charge in [-0.15, -0.1) is 0 Å². The molecule has 0 bridgehead atoms. The Morgan fingerprint density at radius 1 is 1.37 bits per heavy atom. The van der Waals surface area contributed by atoms with Gasteiger partial charge in [-0.25, -0.2) is 0 Å². The van der Waals surface area contributed by atoms with E-state index in [0.29, 0.717) is 22.3 Å². The lowest BCUT2D eigenvalue weighted by molar-refractivity contribution is 0.112. The molecule has 0 radical (unpaired) electrons. The molecule has 0 fully saturated rings. The van der Waals surface area contributed by atoms with Gasteiger partial charge in [0.25, 0.3) is 0 Å². The molecule has 4 heteroatoms. The minimum atomic E-state index is 0.326. The average Bonchev–Trinajstić information content (AvgIpc) is 2.84. The van der Waals surface area contributed by atoms with Gasteiger partial charge < -0.3 is 0 Å². The first-order valence-corrected chi connectivity index (χ1v) is 6.87. The number of aldehydes is 1. The summed E-state index contributed by atoms with van der Waals surface area (Å²) in [6, 6.07) is 7.74. The van der Waals surface area contributed by atoms with E-state index in [-0.39, 0.29) is 0 Å². The summed E-state index contributed by atoms with van der Waals surface area (Å²) >= 11 is 5.99. The number of rotatable bonds is 5. The number of hydrogen-bond donors (Lipinski definition) is 0. The van der Waals surface area contributed by atoms with Crippen LogP contribution in [0, 0.1) is 0 Å². The molecule has 0 N–H and O–H groups in total. The van der Waals surface area contributed by atoms with Gasteiger partial charge in [-0.2, -0.15) is 5.10 Å². The van der Waals surface area contributed by atoms with Crippen LogP contribution in [0.4, 0.5) is 0 Å². The number of carbonyl (C=O) groups is 1. The Labute approximate surface area is 118 Å². The zero-order valence-corrected chi connectivity index (χ0v) is 11.9. The highest BCUT2D eigenvalue weighted by molar-refractivity contribution is 6.30. The second-order valence-corrected chi connectivity index (χ2v) is 4.95. The third kappa shape index (κ3) is 2.87. The van der Waals surface area contributed by atoms with Crippen LogP contribution in [0.3, 0.4) is 0 Å². The number of hydrogen-bond acceptors (Lipinski definition) is 2. The first-order valence-electron chi connectivity index (χ1n) is 6.49. The number of aromatic nitrogens is 2. The topological polar surface area (TPSA) is 34.9 Å². The van der Waals surface area contributed by atoms with E-state index in [4.69, 9.17) is 11.6 Å². The summed E-state index contributed by atoms with van der Waals surface area (Å²) in [5, 5.41) is 5.21. The van der Waals surface area contributed by atoms with Gasteiger partial charge in [0, 0.05) is 16.8 Å². The highest BCUT2D eigenvalue weighted by Crippen LogP contribution is 2.26. The van der Waals surface area contributed by atoms with Crippen molar-refractivity contribution in [1.29, 1.82) is 0 Å². The van der Waals surface area contributed by atoms with E-state index in [1.807, 2.05) is 35.1 Å². The standard InChI is InChI=1S/C15H17ClN2O/c1-3-14(4-2)18-9-12(10-19)15(17-18)11-6-5-7-13(16)8-11/h5-10,14H,3-4H2,1-2H3. The number of halogens is 1. The molecule has 0 atom stereocenters. The molecule has 2 rings (SSSR count). The first-order chi connectivity index (χ1) is 9.19. The Bertz CT molecular complexity index is 573. The van der Waals surface area contributed by atoms with Crippen LogP contribution < -0.4 is 0 Å². The molecule has 0 spiro atoms. The lowest BCUT2D eigenvalue weighted by Crippen LogP contribution is -2.07. The normalized spacial score (nSPS) is 10.9. The van der Waals surface area contributed by atoms with E-state index < -0.39 is 0 Å². The molecule has 1 aromatic heterocycles. The molecular formula is C15H17ClN2O. The predicted molar refractivity (Wildman–Crippen MR) is 77.7 cm³/mol. The Kier molecular flexibility index (Phi) is 4.38. The molecule has 0 unspecified atom stereocenters. The van der Waals surface area contributed by atoms with E-state index in [9.17, 15) is 4.79 Å². The van der Waals surface area contributed by atoms with Gasteiger partial charge in [-0.1, -0.05) is 37.6 Å². The molecule has 0 aliphatic heterocycles. The molecule has 0 aliphatic carbocycles. The SMILES string of the molecule is CCC(CC)n1cc(C=O)c(-c2cccc(Cl)c2)n1. The van der Waals surface area contributed by atoms with Crippen molar-refractivity contribution < 1.29 is 4.79 Å². The summed E-state index contributed by atoms with van der Waals surface area (Å²) in [7, 11) is 0. The van der Waals surface area contributed by atoms with Crippen molar-refractivity contribution >= 4 is 17.9 Å². The Morgan fingerprint density at radius 3 is 2.68 bits per heavy atom. The van der Waals surface area contributed by atoms with E-state index in [2.05, 4.69) is 18.9 Å². The fourth-order valence-corrected chi connectivity index (χ4v) is 2.39. The minimum Gasteiger partial charge on any atom is -0.298 e. The van der Waals surface area contributed by atoms with Gasteiger partial charge in [0.05, 0.1) is 11.6 Å². The summed E-state index contributed by atoms with van der Waals surface area (Å²) in [4.78, 5) is 11.2. The van der Waals surface area contributed by atoms with Gasteiger partial charge in [-0.3, -0.25) is 9.48 Å². The van der Waals surface area contributed by atoms with Crippen LogP contribution in [-0.4, -0.2) is 16.1 Å². The second kappa shape index (κ2) is 6.02. The van der Waals surface area contributed by atoms with Crippen LogP contribution >= 0.6 is 11.6 Å². The van der Waals surface area contributed by atoms with Gasteiger partial charge in [-0.05, 0) is 25.0 Å². The molecule has 1 aromatic carbocycles. The number of carbonyl (C=O) groups excluding carboxylic acids is 1. The monoisotopic (exact) mass is 276 g/mol. The Balaban J connectivity index is 2.48. The molecule has 0 saturated heterocycles. The Hall–Kier alpha value is -1.61. The van der Waals surface area contributed by atoms with Crippen molar-refractivity contribution in [2.24, 2.45) is 0 Å². The van der Waals surface area contributed by atoms with Crippen molar-refractivity contribution in [3.05, 3.63) is 41.0 Å². The summed E-state index contributed by atoms with van der Waals surface area (Å²) < 4.78 is 1.89. The molecule has 3 nitrogen and oxygen atoms in total. The summed E-state index contributed by atoms with van der Waals surface area (Å²) in [6.07, 6.45) is 4.65. The highest BCUT2D eigenvalue weighted by Gasteiger charge is 2.14. The van der Waals surface area contributed by atoms with Gasteiger partial charge in [0.15, 0.2) is 6.29 Å². The zero-order valence-electron chi connectivity index (χ0n) is 11.1. The molecular weight excluding hydrogens is 260 g/mol. The van der Waals surface area contributed by atoms with E-state index in [1.54, 1.807) is 0 Å². The quantitative estimate of drug-likeness (QED) is 0.760.